The highest BCUT2D eigenvalue weighted by atomic mass is 16.6. The lowest BCUT2D eigenvalue weighted by atomic mass is 10.0. The van der Waals surface area contributed by atoms with Crippen molar-refractivity contribution >= 4 is 22.6 Å². The first kappa shape index (κ1) is 20.7. The molecule has 0 aliphatic heterocycles. The summed E-state index contributed by atoms with van der Waals surface area (Å²) in [5.74, 6) is 0.559. The van der Waals surface area contributed by atoms with Gasteiger partial charge in [-0.3, -0.25) is 24.3 Å². The highest BCUT2D eigenvalue weighted by Gasteiger charge is 2.18. The molecular formula is C21H24N6O4. The van der Waals surface area contributed by atoms with Crippen LogP contribution in [0.1, 0.15) is 37.7 Å². The lowest BCUT2D eigenvalue weighted by molar-refractivity contribution is -0.384. The van der Waals surface area contributed by atoms with Crippen molar-refractivity contribution in [3.8, 4) is 0 Å². The Balaban J connectivity index is 1.39. The Labute approximate surface area is 178 Å². The monoisotopic (exact) mass is 424 g/mol. The second-order valence-corrected chi connectivity index (χ2v) is 7.91. The van der Waals surface area contributed by atoms with E-state index in [1.165, 1.54) is 42.1 Å². The van der Waals surface area contributed by atoms with Crippen LogP contribution >= 0.6 is 0 Å². The van der Waals surface area contributed by atoms with Gasteiger partial charge in [0.2, 0.25) is 5.91 Å². The van der Waals surface area contributed by atoms with Crippen LogP contribution in [0.15, 0.2) is 41.6 Å². The molecular weight excluding hydrogens is 400 g/mol. The number of nitrogens with one attached hydrogen (secondary N) is 1. The summed E-state index contributed by atoms with van der Waals surface area (Å²) in [6.07, 6.45) is 8.20. The van der Waals surface area contributed by atoms with Crippen molar-refractivity contribution in [2.45, 2.75) is 45.2 Å². The minimum Gasteiger partial charge on any atom is -0.354 e. The number of fused-ring (bicyclic) bond motifs is 1. The lowest BCUT2D eigenvalue weighted by Crippen LogP contribution is -2.29. The summed E-state index contributed by atoms with van der Waals surface area (Å²) >= 11 is 0. The zero-order valence-corrected chi connectivity index (χ0v) is 17.1. The summed E-state index contributed by atoms with van der Waals surface area (Å²) in [6.45, 7) is 1.11. The standard InChI is InChI=1S/C21H24N6O4/c28-19(11-15-3-1-2-4-15)22-9-10-26-20-18(12-24-26)21(29)25(14-23-20)13-16-5-7-17(8-6-16)27(30)31/h5-8,12,14-15H,1-4,9-11,13H2,(H,22,28). The van der Waals surface area contributed by atoms with E-state index in [1.807, 2.05) is 0 Å². The van der Waals surface area contributed by atoms with Crippen LogP contribution in [0.5, 0.6) is 0 Å². The molecule has 4 rings (SSSR count). The predicted molar refractivity (Wildman–Crippen MR) is 114 cm³/mol. The van der Waals surface area contributed by atoms with Gasteiger partial charge in [0.05, 0.1) is 24.2 Å². The van der Waals surface area contributed by atoms with Crippen LogP contribution < -0.4 is 10.9 Å². The van der Waals surface area contributed by atoms with Crippen molar-refractivity contribution in [1.82, 2.24) is 24.6 Å². The van der Waals surface area contributed by atoms with Gasteiger partial charge in [0.15, 0.2) is 5.65 Å². The summed E-state index contributed by atoms with van der Waals surface area (Å²) in [6, 6.07) is 6.05. The van der Waals surface area contributed by atoms with Crippen LogP contribution in [0.2, 0.25) is 0 Å². The number of nitro benzene ring substituents is 1. The molecule has 0 atom stereocenters. The van der Waals surface area contributed by atoms with Gasteiger partial charge in [0.25, 0.3) is 11.2 Å². The molecule has 2 aromatic heterocycles. The Kier molecular flexibility index (Phi) is 6.06. The van der Waals surface area contributed by atoms with Crippen molar-refractivity contribution in [2.24, 2.45) is 5.92 Å². The first-order valence-electron chi connectivity index (χ1n) is 10.4. The van der Waals surface area contributed by atoms with Gasteiger partial charge < -0.3 is 5.32 Å². The number of carbonyl (C=O) groups excluding carboxylic acids is 1. The predicted octanol–water partition coefficient (Wildman–Crippen LogP) is 2.25. The maximum absolute atomic E-state index is 12.8. The van der Waals surface area contributed by atoms with Gasteiger partial charge in [-0.15, -0.1) is 0 Å². The average molecular weight is 424 g/mol. The fraction of sp³-hybridized carbons (Fsp3) is 0.429. The lowest BCUT2D eigenvalue weighted by Gasteiger charge is -2.10. The van der Waals surface area contributed by atoms with Crippen LogP contribution in [0.4, 0.5) is 5.69 Å². The fourth-order valence-corrected chi connectivity index (χ4v) is 4.04. The average Bonchev–Trinajstić information content (AvgIpc) is 3.41. The van der Waals surface area contributed by atoms with Crippen molar-refractivity contribution in [3.05, 3.63) is 62.8 Å². The van der Waals surface area contributed by atoms with E-state index in [9.17, 15) is 19.7 Å². The Morgan fingerprint density at radius 2 is 1.97 bits per heavy atom. The van der Waals surface area contributed by atoms with Crippen molar-refractivity contribution in [2.75, 3.05) is 6.54 Å². The van der Waals surface area contributed by atoms with Gasteiger partial charge in [0, 0.05) is 25.1 Å². The maximum Gasteiger partial charge on any atom is 0.269 e. The molecule has 10 heteroatoms. The highest BCUT2D eigenvalue weighted by Crippen LogP contribution is 2.27. The van der Waals surface area contributed by atoms with E-state index < -0.39 is 4.92 Å². The number of nitrogens with zero attached hydrogens (tertiary/aromatic N) is 5. The van der Waals surface area contributed by atoms with E-state index in [0.29, 0.717) is 36.5 Å². The zero-order valence-electron chi connectivity index (χ0n) is 17.1. The quantitative estimate of drug-likeness (QED) is 0.437. The minimum absolute atomic E-state index is 0.00119. The molecule has 0 unspecified atom stereocenters. The Hall–Kier alpha value is -3.56. The van der Waals surface area contributed by atoms with Crippen LogP contribution in [0.3, 0.4) is 0 Å². The molecule has 3 aromatic rings. The molecule has 0 bridgehead atoms. The number of amides is 1. The second-order valence-electron chi connectivity index (χ2n) is 7.91. The minimum atomic E-state index is -0.463. The van der Waals surface area contributed by atoms with E-state index in [4.69, 9.17) is 0 Å². The van der Waals surface area contributed by atoms with Crippen LogP contribution in [0, 0.1) is 16.0 Å². The molecule has 31 heavy (non-hydrogen) atoms. The van der Waals surface area contributed by atoms with Gasteiger partial charge >= 0.3 is 0 Å². The van der Waals surface area contributed by atoms with Crippen LogP contribution in [-0.4, -0.2) is 36.7 Å². The second kappa shape index (κ2) is 9.07. The number of aromatic nitrogens is 4. The molecule has 1 aliphatic rings. The summed E-state index contributed by atoms with van der Waals surface area (Å²) < 4.78 is 3.06. The Bertz CT molecular complexity index is 1140. The highest BCUT2D eigenvalue weighted by molar-refractivity contribution is 5.76. The van der Waals surface area contributed by atoms with E-state index >= 15 is 0 Å². The van der Waals surface area contributed by atoms with Crippen LogP contribution in [0.25, 0.3) is 11.0 Å². The Morgan fingerprint density at radius 1 is 1.23 bits per heavy atom. The van der Waals surface area contributed by atoms with Crippen LogP contribution in [-0.2, 0) is 17.9 Å². The molecule has 10 nitrogen and oxygen atoms in total. The van der Waals surface area contributed by atoms with E-state index in [-0.39, 0.29) is 23.7 Å². The van der Waals surface area contributed by atoms with Gasteiger partial charge in [-0.25, -0.2) is 9.67 Å². The number of hydrogen-bond donors (Lipinski definition) is 1. The molecule has 2 heterocycles. The summed E-state index contributed by atoms with van der Waals surface area (Å²) in [5, 5.41) is 18.3. The van der Waals surface area contributed by atoms with E-state index in [2.05, 4.69) is 15.4 Å². The molecule has 1 fully saturated rings. The first-order chi connectivity index (χ1) is 15.0. The summed E-state index contributed by atoms with van der Waals surface area (Å²) in [7, 11) is 0. The zero-order chi connectivity index (χ0) is 21.8. The third-order valence-electron chi connectivity index (χ3n) is 5.72. The van der Waals surface area contributed by atoms with Gasteiger partial charge in [-0.1, -0.05) is 25.0 Å². The molecule has 0 radical (unpaired) electrons. The molecule has 1 N–H and O–H groups in total. The number of rotatable bonds is 8. The number of benzene rings is 1. The molecule has 1 aromatic carbocycles. The summed E-state index contributed by atoms with van der Waals surface area (Å²) in [4.78, 5) is 39.5. The van der Waals surface area contributed by atoms with E-state index in [0.717, 1.165) is 18.4 Å². The maximum atomic E-state index is 12.8. The smallest absolute Gasteiger partial charge is 0.269 e. The largest absolute Gasteiger partial charge is 0.354 e. The molecule has 0 saturated heterocycles. The number of hydrogen-bond acceptors (Lipinski definition) is 6. The first-order valence-corrected chi connectivity index (χ1v) is 10.4. The SMILES string of the molecule is O=C(CC1CCCC1)NCCn1ncc2c(=O)n(Cc3ccc([N+](=O)[O-])cc3)cnc21. The molecule has 1 saturated carbocycles. The molecule has 0 spiro atoms. The van der Waals surface area contributed by atoms with Gasteiger partial charge in [-0.05, 0) is 24.3 Å². The topological polar surface area (TPSA) is 125 Å². The van der Waals surface area contributed by atoms with Gasteiger partial charge in [0.1, 0.15) is 11.7 Å². The number of carbonyl (C=O) groups is 1. The molecule has 162 valence electrons. The fourth-order valence-electron chi connectivity index (χ4n) is 4.04. The van der Waals surface area contributed by atoms with Crippen molar-refractivity contribution in [1.29, 1.82) is 0 Å². The van der Waals surface area contributed by atoms with Gasteiger partial charge in [-0.2, -0.15) is 5.10 Å². The van der Waals surface area contributed by atoms with Crippen molar-refractivity contribution < 1.29 is 9.72 Å². The third-order valence-corrected chi connectivity index (χ3v) is 5.72. The van der Waals surface area contributed by atoms with E-state index in [1.54, 1.807) is 16.8 Å². The number of nitro groups is 1. The van der Waals surface area contributed by atoms with Crippen molar-refractivity contribution in [3.63, 3.8) is 0 Å². The summed E-state index contributed by atoms with van der Waals surface area (Å²) in [5.41, 5.74) is 0.988. The number of non-ortho nitro benzene ring substituents is 1. The normalized spacial score (nSPS) is 14.2. The Morgan fingerprint density at radius 3 is 2.68 bits per heavy atom. The molecule has 1 amide bonds. The molecule has 1 aliphatic carbocycles. The third kappa shape index (κ3) is 4.79.